The molecule has 172 valence electrons. The minimum Gasteiger partial charge on any atom is -0.389 e. The number of hydrogen-bond acceptors (Lipinski definition) is 8. The van der Waals surface area contributed by atoms with Gasteiger partial charge in [-0.1, -0.05) is 0 Å². The minimum atomic E-state index is -4.63. The first-order valence-corrected chi connectivity index (χ1v) is 9.57. The molecule has 0 saturated carbocycles. The van der Waals surface area contributed by atoms with E-state index in [9.17, 15) is 27.9 Å². The Morgan fingerprint density at radius 3 is 2.56 bits per heavy atom. The quantitative estimate of drug-likeness (QED) is 0.590. The molecular weight excluding hydrogens is 431 g/mol. The zero-order chi connectivity index (χ0) is 23.7. The van der Waals surface area contributed by atoms with Gasteiger partial charge in [-0.3, -0.25) is 14.6 Å². The zero-order valence-corrected chi connectivity index (χ0v) is 17.3. The number of nitrogens with zero attached hydrogens (tertiary/aromatic N) is 5. The molecule has 0 aromatic carbocycles. The number of nitrogens with two attached hydrogens (primary N) is 1. The number of alkyl halides is 3. The smallest absolute Gasteiger partial charge is 0.389 e. The van der Waals surface area contributed by atoms with Gasteiger partial charge in [0.2, 0.25) is 11.9 Å². The summed E-state index contributed by atoms with van der Waals surface area (Å²) in [6.07, 6.45) is -3.63. The first-order valence-electron chi connectivity index (χ1n) is 9.57. The second-order valence-electron chi connectivity index (χ2n) is 7.83. The Labute approximate surface area is 181 Å². The van der Waals surface area contributed by atoms with Crippen LogP contribution in [0.4, 0.5) is 30.6 Å². The fraction of sp³-hybridized carbons (Fsp3) is 0.421. The van der Waals surface area contributed by atoms with E-state index in [1.54, 1.807) is 13.8 Å². The molecule has 1 aliphatic rings. The molecule has 2 amide bonds. The molecule has 3 rings (SSSR count). The van der Waals surface area contributed by atoms with Gasteiger partial charge in [-0.25, -0.2) is 4.98 Å². The highest BCUT2D eigenvalue weighted by Crippen LogP contribution is 2.30. The third-order valence-corrected chi connectivity index (χ3v) is 4.52. The number of piperazine rings is 1. The van der Waals surface area contributed by atoms with Crippen molar-refractivity contribution in [2.45, 2.75) is 25.6 Å². The SMILES string of the molecule is CC(C)(O)CNc1cc(C(N)=O)nc(N2CCN(c3ccnc(C(F)(F)F)c3)C(=O)C2)n1. The summed E-state index contributed by atoms with van der Waals surface area (Å²) in [4.78, 5) is 38.7. The van der Waals surface area contributed by atoms with Crippen LogP contribution in [0.3, 0.4) is 0 Å². The number of aromatic nitrogens is 3. The minimum absolute atomic E-state index is 0.0539. The van der Waals surface area contributed by atoms with E-state index >= 15 is 0 Å². The lowest BCUT2D eigenvalue weighted by Crippen LogP contribution is -2.51. The van der Waals surface area contributed by atoms with Crippen molar-refractivity contribution < 1.29 is 27.9 Å². The Kier molecular flexibility index (Phi) is 6.21. The standard InChI is InChI=1S/C19H22F3N7O3/c1-18(2,32)10-25-14-8-12(16(23)31)26-17(27-14)28-5-6-29(15(30)9-28)11-3-4-24-13(7-11)19(20,21)22/h3-4,7-8,32H,5-6,9-10H2,1-2H3,(H2,23,31)(H,25,26,27). The Hall–Kier alpha value is -3.48. The van der Waals surface area contributed by atoms with E-state index in [4.69, 9.17) is 5.73 Å². The van der Waals surface area contributed by atoms with E-state index in [-0.39, 0.29) is 49.3 Å². The van der Waals surface area contributed by atoms with Gasteiger partial charge in [0, 0.05) is 37.6 Å². The highest BCUT2D eigenvalue weighted by atomic mass is 19.4. The van der Waals surface area contributed by atoms with E-state index in [1.165, 1.54) is 21.9 Å². The number of rotatable bonds is 6. The molecule has 0 atom stereocenters. The van der Waals surface area contributed by atoms with Crippen molar-refractivity contribution in [3.63, 3.8) is 0 Å². The Balaban J connectivity index is 1.81. The molecule has 0 spiro atoms. The number of amides is 2. The normalized spacial score (nSPS) is 15.1. The van der Waals surface area contributed by atoms with Crippen LogP contribution in [0.5, 0.6) is 0 Å². The number of halogens is 3. The van der Waals surface area contributed by atoms with Crippen LogP contribution in [-0.4, -0.2) is 63.7 Å². The molecule has 0 unspecified atom stereocenters. The van der Waals surface area contributed by atoms with Gasteiger partial charge in [-0.15, -0.1) is 0 Å². The maximum atomic E-state index is 12.9. The molecule has 10 nitrogen and oxygen atoms in total. The van der Waals surface area contributed by atoms with Crippen molar-refractivity contribution in [1.82, 2.24) is 15.0 Å². The van der Waals surface area contributed by atoms with Gasteiger partial charge >= 0.3 is 6.18 Å². The number of carbonyl (C=O) groups is 2. The summed E-state index contributed by atoms with van der Waals surface area (Å²) in [5.74, 6) is -1.00. The maximum absolute atomic E-state index is 12.9. The molecule has 2 aromatic rings. The van der Waals surface area contributed by atoms with E-state index in [1.807, 2.05) is 0 Å². The van der Waals surface area contributed by atoms with E-state index in [0.717, 1.165) is 12.3 Å². The number of hydrogen-bond donors (Lipinski definition) is 3. The van der Waals surface area contributed by atoms with Crippen molar-refractivity contribution >= 4 is 29.3 Å². The Morgan fingerprint density at radius 1 is 1.25 bits per heavy atom. The van der Waals surface area contributed by atoms with E-state index in [0.29, 0.717) is 0 Å². The largest absolute Gasteiger partial charge is 0.433 e. The summed E-state index contributed by atoms with van der Waals surface area (Å²) in [6.45, 7) is 3.32. The molecule has 4 N–H and O–H groups in total. The first kappa shape index (κ1) is 23.2. The third-order valence-electron chi connectivity index (χ3n) is 4.52. The predicted molar refractivity (Wildman–Crippen MR) is 109 cm³/mol. The zero-order valence-electron chi connectivity index (χ0n) is 17.3. The van der Waals surface area contributed by atoms with Crippen LogP contribution < -0.4 is 20.9 Å². The van der Waals surface area contributed by atoms with Crippen molar-refractivity contribution in [3.05, 3.63) is 35.8 Å². The van der Waals surface area contributed by atoms with E-state index in [2.05, 4.69) is 20.3 Å². The molecule has 0 bridgehead atoms. The summed E-state index contributed by atoms with van der Waals surface area (Å²) in [6, 6.07) is 3.47. The summed E-state index contributed by atoms with van der Waals surface area (Å²) in [7, 11) is 0. The summed E-state index contributed by atoms with van der Waals surface area (Å²) in [5, 5.41) is 12.8. The van der Waals surface area contributed by atoms with Gasteiger partial charge in [0.25, 0.3) is 5.91 Å². The molecule has 32 heavy (non-hydrogen) atoms. The lowest BCUT2D eigenvalue weighted by atomic mass is 10.1. The van der Waals surface area contributed by atoms with Gasteiger partial charge in [0.15, 0.2) is 0 Å². The highest BCUT2D eigenvalue weighted by molar-refractivity contribution is 5.97. The molecule has 0 aliphatic carbocycles. The van der Waals surface area contributed by atoms with Crippen LogP contribution in [0.1, 0.15) is 30.0 Å². The molecule has 1 saturated heterocycles. The fourth-order valence-corrected chi connectivity index (χ4v) is 2.96. The van der Waals surface area contributed by atoms with Crippen molar-refractivity contribution in [2.75, 3.05) is 41.3 Å². The summed E-state index contributed by atoms with van der Waals surface area (Å²) >= 11 is 0. The average Bonchev–Trinajstić information content (AvgIpc) is 2.71. The highest BCUT2D eigenvalue weighted by Gasteiger charge is 2.34. The Bertz CT molecular complexity index is 1020. The summed E-state index contributed by atoms with van der Waals surface area (Å²) in [5.41, 5.74) is 3.18. The van der Waals surface area contributed by atoms with Gasteiger partial charge in [-0.2, -0.15) is 18.2 Å². The number of primary amides is 1. The van der Waals surface area contributed by atoms with Crippen LogP contribution in [0.25, 0.3) is 0 Å². The van der Waals surface area contributed by atoms with Crippen LogP contribution in [0, 0.1) is 0 Å². The van der Waals surface area contributed by atoms with Gasteiger partial charge < -0.3 is 26.0 Å². The second kappa shape index (κ2) is 8.57. The molecule has 0 radical (unpaired) electrons. The first-order chi connectivity index (χ1) is 14.8. The van der Waals surface area contributed by atoms with Gasteiger partial charge in [-0.05, 0) is 26.0 Å². The van der Waals surface area contributed by atoms with Crippen molar-refractivity contribution in [1.29, 1.82) is 0 Å². The summed E-state index contributed by atoms with van der Waals surface area (Å²) < 4.78 is 38.8. The number of anilines is 3. The van der Waals surface area contributed by atoms with Crippen LogP contribution in [0.2, 0.25) is 0 Å². The second-order valence-corrected chi connectivity index (χ2v) is 7.83. The number of aliphatic hydroxyl groups is 1. The molecule has 13 heteroatoms. The number of pyridine rings is 1. The third kappa shape index (κ3) is 5.60. The molecule has 3 heterocycles. The maximum Gasteiger partial charge on any atom is 0.433 e. The predicted octanol–water partition coefficient (Wildman–Crippen LogP) is 1.03. The van der Waals surface area contributed by atoms with Gasteiger partial charge in [0.1, 0.15) is 23.8 Å². The topological polar surface area (TPSA) is 138 Å². The monoisotopic (exact) mass is 453 g/mol. The number of nitrogens with one attached hydrogen (secondary N) is 1. The van der Waals surface area contributed by atoms with Crippen molar-refractivity contribution in [2.24, 2.45) is 5.73 Å². The molecule has 1 fully saturated rings. The van der Waals surface area contributed by atoms with Gasteiger partial charge in [0.05, 0.1) is 5.60 Å². The lowest BCUT2D eigenvalue weighted by Gasteiger charge is -2.34. The molecule has 1 aliphatic heterocycles. The fourth-order valence-electron chi connectivity index (χ4n) is 2.96. The number of carbonyl (C=O) groups excluding carboxylic acids is 2. The Morgan fingerprint density at radius 2 is 1.97 bits per heavy atom. The van der Waals surface area contributed by atoms with Crippen LogP contribution in [-0.2, 0) is 11.0 Å². The van der Waals surface area contributed by atoms with E-state index < -0.39 is 29.3 Å². The molecular formula is C19H22F3N7O3. The average molecular weight is 453 g/mol. The van der Waals surface area contributed by atoms with Crippen LogP contribution >= 0.6 is 0 Å². The van der Waals surface area contributed by atoms with Crippen molar-refractivity contribution in [3.8, 4) is 0 Å². The van der Waals surface area contributed by atoms with Crippen LogP contribution in [0.15, 0.2) is 24.4 Å². The molecule has 2 aromatic heterocycles. The lowest BCUT2D eigenvalue weighted by molar-refractivity contribution is -0.141.